The highest BCUT2D eigenvalue weighted by Gasteiger charge is 2.31. The van der Waals surface area contributed by atoms with Gasteiger partial charge in [0.25, 0.3) is 0 Å². The number of hydrogen-bond acceptors (Lipinski definition) is 4. The lowest BCUT2D eigenvalue weighted by Gasteiger charge is -2.34. The van der Waals surface area contributed by atoms with Gasteiger partial charge >= 0.3 is 0 Å². The minimum Gasteiger partial charge on any atom is -0.347 e. The molecule has 0 N–H and O–H groups in total. The number of aryl methyl sites for hydroxylation is 1. The first-order chi connectivity index (χ1) is 14.5. The van der Waals surface area contributed by atoms with E-state index in [1.165, 1.54) is 16.4 Å². The van der Waals surface area contributed by atoms with Crippen LogP contribution in [0.3, 0.4) is 0 Å². The van der Waals surface area contributed by atoms with Crippen molar-refractivity contribution in [2.75, 3.05) is 26.2 Å². The van der Waals surface area contributed by atoms with Crippen LogP contribution < -0.4 is 0 Å². The molecule has 1 aliphatic rings. The Balaban J connectivity index is 1.37. The molecule has 0 atom stereocenters. The number of nitriles is 1. The summed E-state index contributed by atoms with van der Waals surface area (Å²) in [7, 11) is -3.76. The third kappa shape index (κ3) is 3.82. The first-order valence-corrected chi connectivity index (χ1v) is 11.3. The fourth-order valence-corrected chi connectivity index (χ4v) is 5.38. The van der Waals surface area contributed by atoms with Gasteiger partial charge in [-0.05, 0) is 29.7 Å². The van der Waals surface area contributed by atoms with Gasteiger partial charge in [-0.25, -0.2) is 8.42 Å². The van der Waals surface area contributed by atoms with E-state index < -0.39 is 10.0 Å². The smallest absolute Gasteiger partial charge is 0.244 e. The van der Waals surface area contributed by atoms with Crippen LogP contribution in [0.1, 0.15) is 12.0 Å². The Morgan fingerprint density at radius 1 is 0.967 bits per heavy atom. The SMILES string of the molecule is N#Cc1ccccc1S(=O)(=O)N1CCN(C(=O)CCn2ccc3ccccc32)CC1. The summed E-state index contributed by atoms with van der Waals surface area (Å²) in [6, 6.07) is 18.2. The van der Waals surface area contributed by atoms with Crippen LogP contribution in [0.25, 0.3) is 10.9 Å². The lowest BCUT2D eigenvalue weighted by Crippen LogP contribution is -2.50. The van der Waals surface area contributed by atoms with Crippen LogP contribution in [0.5, 0.6) is 0 Å². The molecule has 154 valence electrons. The molecule has 8 heteroatoms. The molecule has 0 spiro atoms. The van der Waals surface area contributed by atoms with Crippen LogP contribution in [0.15, 0.2) is 65.7 Å². The Morgan fingerprint density at radius 2 is 1.67 bits per heavy atom. The van der Waals surface area contributed by atoms with E-state index in [-0.39, 0.29) is 29.5 Å². The third-order valence-electron chi connectivity index (χ3n) is 5.46. The summed E-state index contributed by atoms with van der Waals surface area (Å²) >= 11 is 0. The number of fused-ring (bicyclic) bond motifs is 1. The number of benzene rings is 2. The summed E-state index contributed by atoms with van der Waals surface area (Å²) in [4.78, 5) is 14.4. The van der Waals surface area contributed by atoms with Crippen molar-refractivity contribution >= 4 is 26.8 Å². The molecule has 1 fully saturated rings. The molecule has 30 heavy (non-hydrogen) atoms. The predicted molar refractivity (Wildman–Crippen MR) is 113 cm³/mol. The topological polar surface area (TPSA) is 86.4 Å². The number of carbonyl (C=O) groups is 1. The fraction of sp³-hybridized carbons (Fsp3) is 0.273. The number of amides is 1. The van der Waals surface area contributed by atoms with Gasteiger partial charge in [0.05, 0.1) is 10.5 Å². The second-order valence-electron chi connectivity index (χ2n) is 7.21. The molecule has 7 nitrogen and oxygen atoms in total. The molecule has 4 rings (SSSR count). The van der Waals surface area contributed by atoms with Crippen LogP contribution in [0.4, 0.5) is 0 Å². The van der Waals surface area contributed by atoms with Gasteiger partial charge in [0.15, 0.2) is 0 Å². The minimum atomic E-state index is -3.76. The van der Waals surface area contributed by atoms with Crippen LogP contribution in [0, 0.1) is 11.3 Å². The molecule has 3 aromatic rings. The number of para-hydroxylation sites is 1. The number of hydrogen-bond donors (Lipinski definition) is 0. The van der Waals surface area contributed by atoms with Crippen molar-refractivity contribution in [2.24, 2.45) is 0 Å². The van der Waals surface area contributed by atoms with Crippen LogP contribution in [-0.2, 0) is 21.4 Å². The predicted octanol–water partition coefficient (Wildman–Crippen LogP) is 2.44. The van der Waals surface area contributed by atoms with E-state index >= 15 is 0 Å². The van der Waals surface area contributed by atoms with E-state index in [4.69, 9.17) is 0 Å². The maximum atomic E-state index is 12.9. The summed E-state index contributed by atoms with van der Waals surface area (Å²) in [5, 5.41) is 10.4. The summed E-state index contributed by atoms with van der Waals surface area (Å²) in [6.07, 6.45) is 2.35. The maximum Gasteiger partial charge on any atom is 0.244 e. The maximum absolute atomic E-state index is 12.9. The number of rotatable bonds is 5. The Bertz CT molecular complexity index is 1220. The van der Waals surface area contributed by atoms with Crippen molar-refractivity contribution in [3.8, 4) is 6.07 Å². The number of piperazine rings is 1. The molecule has 2 heterocycles. The highest BCUT2D eigenvalue weighted by molar-refractivity contribution is 7.89. The lowest BCUT2D eigenvalue weighted by molar-refractivity contribution is -0.132. The second-order valence-corrected chi connectivity index (χ2v) is 9.12. The van der Waals surface area contributed by atoms with E-state index in [0.717, 1.165) is 10.9 Å². The first-order valence-electron chi connectivity index (χ1n) is 9.81. The Morgan fingerprint density at radius 3 is 2.43 bits per heavy atom. The van der Waals surface area contributed by atoms with Crippen molar-refractivity contribution in [1.29, 1.82) is 5.26 Å². The van der Waals surface area contributed by atoms with Gasteiger partial charge < -0.3 is 9.47 Å². The van der Waals surface area contributed by atoms with Crippen molar-refractivity contribution in [3.05, 3.63) is 66.4 Å². The molecule has 0 radical (unpaired) electrons. The highest BCUT2D eigenvalue weighted by Crippen LogP contribution is 2.21. The van der Waals surface area contributed by atoms with Crippen molar-refractivity contribution in [1.82, 2.24) is 13.8 Å². The normalized spacial score (nSPS) is 15.2. The molecule has 1 saturated heterocycles. The Hall–Kier alpha value is -3.15. The Kier molecular flexibility index (Phi) is 5.57. The average molecular weight is 423 g/mol. The molecular weight excluding hydrogens is 400 g/mol. The van der Waals surface area contributed by atoms with E-state index in [9.17, 15) is 18.5 Å². The van der Waals surface area contributed by atoms with Crippen molar-refractivity contribution < 1.29 is 13.2 Å². The monoisotopic (exact) mass is 422 g/mol. The lowest BCUT2D eigenvalue weighted by atomic mass is 10.2. The number of aromatic nitrogens is 1. The molecule has 1 aliphatic heterocycles. The van der Waals surface area contributed by atoms with Gasteiger partial charge in [-0.3, -0.25) is 4.79 Å². The standard InChI is InChI=1S/C22H22N4O3S/c23-17-19-6-2-4-8-21(19)30(28,29)26-15-13-25(14-16-26)22(27)10-12-24-11-9-18-5-1-3-7-20(18)24/h1-9,11H,10,12-16H2. The van der Waals surface area contributed by atoms with Gasteiger partial charge in [-0.1, -0.05) is 30.3 Å². The van der Waals surface area contributed by atoms with E-state index in [1.807, 2.05) is 42.6 Å². The molecule has 0 bridgehead atoms. The molecule has 0 saturated carbocycles. The zero-order valence-electron chi connectivity index (χ0n) is 16.4. The van der Waals surface area contributed by atoms with Gasteiger partial charge in [-0.2, -0.15) is 9.57 Å². The number of sulfonamides is 1. The van der Waals surface area contributed by atoms with Gasteiger partial charge in [0, 0.05) is 50.9 Å². The minimum absolute atomic E-state index is 0.0160. The first kappa shape index (κ1) is 20.1. The third-order valence-corrected chi connectivity index (χ3v) is 7.42. The second kappa shape index (κ2) is 8.30. The van der Waals surface area contributed by atoms with E-state index in [2.05, 4.69) is 4.57 Å². The van der Waals surface area contributed by atoms with Crippen molar-refractivity contribution in [3.63, 3.8) is 0 Å². The van der Waals surface area contributed by atoms with Crippen LogP contribution in [0.2, 0.25) is 0 Å². The summed E-state index contributed by atoms with van der Waals surface area (Å²) in [5.74, 6) is 0.0160. The van der Waals surface area contributed by atoms with Gasteiger partial charge in [0.2, 0.25) is 15.9 Å². The summed E-state index contributed by atoms with van der Waals surface area (Å²) in [6.45, 7) is 1.72. The number of nitrogens with zero attached hydrogens (tertiary/aromatic N) is 4. The number of carbonyl (C=O) groups excluding carboxylic acids is 1. The fourth-order valence-electron chi connectivity index (χ4n) is 3.81. The molecular formula is C22H22N4O3S. The largest absolute Gasteiger partial charge is 0.347 e. The van der Waals surface area contributed by atoms with E-state index in [1.54, 1.807) is 17.0 Å². The van der Waals surface area contributed by atoms with Crippen molar-refractivity contribution in [2.45, 2.75) is 17.9 Å². The molecule has 2 aromatic carbocycles. The van der Waals surface area contributed by atoms with Crippen LogP contribution in [-0.4, -0.2) is 54.3 Å². The van der Waals surface area contributed by atoms with Crippen LogP contribution >= 0.6 is 0 Å². The zero-order chi connectivity index (χ0) is 21.1. The van der Waals surface area contributed by atoms with Gasteiger partial charge in [-0.15, -0.1) is 0 Å². The quantitative estimate of drug-likeness (QED) is 0.632. The molecule has 0 unspecified atom stereocenters. The zero-order valence-corrected chi connectivity index (χ0v) is 17.3. The molecule has 1 aromatic heterocycles. The summed E-state index contributed by atoms with van der Waals surface area (Å²) < 4.78 is 29.3. The molecule has 0 aliphatic carbocycles. The summed E-state index contributed by atoms with van der Waals surface area (Å²) in [5.41, 5.74) is 1.23. The Labute approximate surface area is 175 Å². The molecule has 1 amide bonds. The average Bonchev–Trinajstić information content (AvgIpc) is 3.20. The van der Waals surface area contributed by atoms with Gasteiger partial charge in [0.1, 0.15) is 6.07 Å². The highest BCUT2D eigenvalue weighted by atomic mass is 32.2. The van der Waals surface area contributed by atoms with E-state index in [0.29, 0.717) is 26.1 Å².